The smallest absolute Gasteiger partial charge is 0.417 e. The molecule has 3 aromatic rings. The molecule has 0 aliphatic carbocycles. The molecular weight excluding hydrogens is 491 g/mol. The highest BCUT2D eigenvalue weighted by Gasteiger charge is 2.34. The van der Waals surface area contributed by atoms with E-state index >= 15 is 0 Å². The molecule has 0 spiro atoms. The fourth-order valence-corrected chi connectivity index (χ4v) is 5.03. The van der Waals surface area contributed by atoms with Gasteiger partial charge in [0.1, 0.15) is 10.8 Å². The highest BCUT2D eigenvalue weighted by Crippen LogP contribution is 2.40. The van der Waals surface area contributed by atoms with Gasteiger partial charge in [0, 0.05) is 22.4 Å². The van der Waals surface area contributed by atoms with Crippen LogP contribution in [0.4, 0.5) is 13.2 Å². The molecule has 0 unspecified atom stereocenters. The van der Waals surface area contributed by atoms with Crippen LogP contribution in [0.5, 0.6) is 5.75 Å². The van der Waals surface area contributed by atoms with E-state index in [1.54, 1.807) is 38.1 Å². The zero-order valence-electron chi connectivity index (χ0n) is 20.6. The maximum Gasteiger partial charge on any atom is 0.417 e. The Morgan fingerprint density at radius 2 is 1.83 bits per heavy atom. The standard InChI is InChI=1S/C27H28F3NO4S/c1-5-34-24(33)15-35-18-10-11-19(17(4)14-18)22(32)12-13-23-25(16(2)3)31-26(36-23)20-8-6-7-9-21(20)27(28,29)30/h6-11,14,16H,5,12-13,15H2,1-4H3. The van der Waals surface area contributed by atoms with Gasteiger partial charge in [0.05, 0.1) is 17.9 Å². The average Bonchev–Trinajstić information content (AvgIpc) is 3.25. The van der Waals surface area contributed by atoms with Gasteiger partial charge in [-0.15, -0.1) is 11.3 Å². The molecule has 0 radical (unpaired) electrons. The molecule has 0 saturated heterocycles. The molecule has 0 saturated carbocycles. The lowest BCUT2D eigenvalue weighted by Gasteiger charge is -2.10. The Hall–Kier alpha value is -3.20. The van der Waals surface area contributed by atoms with Crippen LogP contribution in [0.3, 0.4) is 0 Å². The monoisotopic (exact) mass is 519 g/mol. The molecule has 0 atom stereocenters. The second kappa shape index (κ2) is 11.7. The number of ether oxygens (including phenoxy) is 2. The second-order valence-electron chi connectivity index (χ2n) is 8.52. The first-order chi connectivity index (χ1) is 17.0. The van der Waals surface area contributed by atoms with Crippen LogP contribution < -0.4 is 4.74 Å². The van der Waals surface area contributed by atoms with Crippen LogP contribution in [0, 0.1) is 6.92 Å². The topological polar surface area (TPSA) is 65.5 Å². The van der Waals surface area contributed by atoms with E-state index in [0.717, 1.165) is 10.9 Å². The molecule has 0 aliphatic heterocycles. The number of rotatable bonds is 10. The van der Waals surface area contributed by atoms with Crippen LogP contribution >= 0.6 is 11.3 Å². The number of Topliss-reactive ketones (excluding diaryl/α,β-unsaturated/α-hetero) is 1. The Labute approximate surface area is 212 Å². The molecule has 36 heavy (non-hydrogen) atoms. The first kappa shape index (κ1) is 27.4. The number of benzene rings is 2. The summed E-state index contributed by atoms with van der Waals surface area (Å²) in [4.78, 5) is 29.8. The predicted molar refractivity (Wildman–Crippen MR) is 133 cm³/mol. The number of carbonyl (C=O) groups is 2. The lowest BCUT2D eigenvalue weighted by molar-refractivity contribution is -0.145. The van der Waals surface area contributed by atoms with Crippen LogP contribution in [0.1, 0.15) is 65.2 Å². The van der Waals surface area contributed by atoms with Gasteiger partial charge in [0.2, 0.25) is 0 Å². The largest absolute Gasteiger partial charge is 0.482 e. The molecular formula is C27H28F3NO4S. The molecule has 192 valence electrons. The lowest BCUT2D eigenvalue weighted by Crippen LogP contribution is -2.14. The highest BCUT2D eigenvalue weighted by molar-refractivity contribution is 7.15. The summed E-state index contributed by atoms with van der Waals surface area (Å²) in [6.45, 7) is 7.40. The van der Waals surface area contributed by atoms with Crippen molar-refractivity contribution in [2.24, 2.45) is 0 Å². The van der Waals surface area contributed by atoms with Gasteiger partial charge in [-0.2, -0.15) is 13.2 Å². The Morgan fingerprint density at radius 3 is 2.47 bits per heavy atom. The van der Waals surface area contributed by atoms with Crippen molar-refractivity contribution in [3.05, 3.63) is 69.7 Å². The zero-order valence-corrected chi connectivity index (χ0v) is 21.4. The van der Waals surface area contributed by atoms with Crippen molar-refractivity contribution in [3.8, 4) is 16.3 Å². The van der Waals surface area contributed by atoms with Crippen LogP contribution in [0.15, 0.2) is 42.5 Å². The molecule has 1 aromatic heterocycles. The van der Waals surface area contributed by atoms with E-state index in [1.165, 1.54) is 23.5 Å². The van der Waals surface area contributed by atoms with Crippen molar-refractivity contribution in [3.63, 3.8) is 0 Å². The van der Waals surface area contributed by atoms with Crippen LogP contribution in [-0.4, -0.2) is 30.0 Å². The number of aromatic nitrogens is 1. The number of alkyl halides is 3. The number of carbonyl (C=O) groups excluding carboxylic acids is 2. The van der Waals surface area contributed by atoms with E-state index < -0.39 is 17.7 Å². The number of nitrogens with zero attached hydrogens (tertiary/aromatic N) is 1. The van der Waals surface area contributed by atoms with Gasteiger partial charge in [-0.3, -0.25) is 4.79 Å². The summed E-state index contributed by atoms with van der Waals surface area (Å²) >= 11 is 1.20. The number of hydrogen-bond donors (Lipinski definition) is 0. The van der Waals surface area contributed by atoms with Crippen LogP contribution in [-0.2, 0) is 22.1 Å². The first-order valence-electron chi connectivity index (χ1n) is 11.6. The second-order valence-corrected chi connectivity index (χ2v) is 9.60. The van der Waals surface area contributed by atoms with Gasteiger partial charge < -0.3 is 9.47 Å². The molecule has 0 N–H and O–H groups in total. The fourth-order valence-electron chi connectivity index (χ4n) is 3.77. The minimum Gasteiger partial charge on any atom is -0.482 e. The van der Waals surface area contributed by atoms with Crippen molar-refractivity contribution in [2.75, 3.05) is 13.2 Å². The Morgan fingerprint density at radius 1 is 1.11 bits per heavy atom. The highest BCUT2D eigenvalue weighted by atomic mass is 32.1. The van der Waals surface area contributed by atoms with Crippen molar-refractivity contribution in [1.82, 2.24) is 4.98 Å². The molecule has 1 heterocycles. The Balaban J connectivity index is 1.76. The maximum atomic E-state index is 13.5. The van der Waals surface area contributed by atoms with E-state index in [4.69, 9.17) is 9.47 Å². The fraction of sp³-hybridized carbons (Fsp3) is 0.370. The van der Waals surface area contributed by atoms with Gasteiger partial charge in [-0.25, -0.2) is 9.78 Å². The third-order valence-corrected chi connectivity index (χ3v) is 6.64. The van der Waals surface area contributed by atoms with E-state index in [1.807, 2.05) is 13.8 Å². The van der Waals surface area contributed by atoms with Crippen LogP contribution in [0.2, 0.25) is 0 Å². The minimum atomic E-state index is -4.49. The number of halogens is 3. The van der Waals surface area contributed by atoms with E-state index in [9.17, 15) is 22.8 Å². The molecule has 0 aliphatic rings. The van der Waals surface area contributed by atoms with Crippen molar-refractivity contribution < 1.29 is 32.2 Å². The maximum absolute atomic E-state index is 13.5. The van der Waals surface area contributed by atoms with Gasteiger partial charge >= 0.3 is 12.1 Å². The summed E-state index contributed by atoms with van der Waals surface area (Å²) in [5.74, 6) is -0.117. The normalized spacial score (nSPS) is 11.6. The minimum absolute atomic E-state index is 0.00397. The van der Waals surface area contributed by atoms with Crippen molar-refractivity contribution in [1.29, 1.82) is 0 Å². The van der Waals surface area contributed by atoms with Crippen molar-refractivity contribution >= 4 is 23.1 Å². The molecule has 2 aromatic carbocycles. The molecule has 5 nitrogen and oxygen atoms in total. The third kappa shape index (κ3) is 6.72. The van der Waals surface area contributed by atoms with Crippen molar-refractivity contribution in [2.45, 2.75) is 52.6 Å². The summed E-state index contributed by atoms with van der Waals surface area (Å²) in [7, 11) is 0. The first-order valence-corrected chi connectivity index (χ1v) is 12.4. The van der Waals surface area contributed by atoms with E-state index in [0.29, 0.717) is 34.0 Å². The van der Waals surface area contributed by atoms with Gasteiger partial charge in [0.25, 0.3) is 0 Å². The number of aryl methyl sites for hydroxylation is 2. The lowest BCUT2D eigenvalue weighted by atomic mass is 9.99. The van der Waals surface area contributed by atoms with Gasteiger partial charge in [-0.1, -0.05) is 32.0 Å². The quantitative estimate of drug-likeness (QED) is 0.213. The number of thiazole rings is 1. The average molecular weight is 520 g/mol. The zero-order chi connectivity index (χ0) is 26.5. The molecule has 0 amide bonds. The van der Waals surface area contributed by atoms with Crippen LogP contribution in [0.25, 0.3) is 10.6 Å². The summed E-state index contributed by atoms with van der Waals surface area (Å²) < 4.78 is 50.8. The van der Waals surface area contributed by atoms with Gasteiger partial charge in [-0.05, 0) is 56.0 Å². The third-order valence-electron chi connectivity index (χ3n) is 5.48. The summed E-state index contributed by atoms with van der Waals surface area (Å²) in [6.07, 6.45) is -3.93. The molecule has 3 rings (SSSR count). The molecule has 0 bridgehead atoms. The molecule has 9 heteroatoms. The number of esters is 1. The van der Waals surface area contributed by atoms with E-state index in [-0.39, 0.29) is 36.9 Å². The summed E-state index contributed by atoms with van der Waals surface area (Å²) in [5.41, 5.74) is 1.26. The summed E-state index contributed by atoms with van der Waals surface area (Å²) in [5, 5.41) is 0.299. The van der Waals surface area contributed by atoms with Gasteiger partial charge in [0.15, 0.2) is 12.4 Å². The number of hydrogen-bond acceptors (Lipinski definition) is 6. The SMILES string of the molecule is CCOC(=O)COc1ccc(C(=O)CCc2sc(-c3ccccc3C(F)(F)F)nc2C(C)C)c(C)c1. The number of ketones is 1. The Kier molecular flexibility index (Phi) is 8.89. The summed E-state index contributed by atoms with van der Waals surface area (Å²) in [6, 6.07) is 10.4. The molecule has 0 fully saturated rings. The van der Waals surface area contributed by atoms with E-state index in [2.05, 4.69) is 4.98 Å². The predicted octanol–water partition coefficient (Wildman–Crippen LogP) is 7.02. The Bertz CT molecular complexity index is 1230.